The first-order valence-corrected chi connectivity index (χ1v) is 2.15. The fourth-order valence-electron chi connectivity index (χ4n) is 0.367. The fourth-order valence-corrected chi connectivity index (χ4v) is 0.367. The second-order valence-electron chi connectivity index (χ2n) is 1.39. The van der Waals surface area contributed by atoms with Crippen molar-refractivity contribution in [3.8, 4) is 0 Å². The molecule has 1 unspecified atom stereocenters. The predicted molar refractivity (Wildman–Crippen MR) is 30.0 cm³/mol. The van der Waals surface area contributed by atoms with E-state index in [1.807, 2.05) is 0 Å². The summed E-state index contributed by atoms with van der Waals surface area (Å²) < 4.78 is 0. The molecule has 0 saturated carbocycles. The number of carbonyl (C=O) groups is 1. The summed E-state index contributed by atoms with van der Waals surface area (Å²) in [4.78, 5) is 17.4. The molecule has 0 aromatic heterocycles. The van der Waals surface area contributed by atoms with Crippen molar-refractivity contribution in [1.29, 1.82) is 0 Å². The zero-order valence-electron chi connectivity index (χ0n) is 4.11. The van der Waals surface area contributed by atoms with Crippen molar-refractivity contribution in [1.82, 2.24) is 0 Å². The van der Waals surface area contributed by atoms with Crippen LogP contribution < -0.4 is 5.73 Å². The molecule has 0 radical (unpaired) electrons. The summed E-state index contributed by atoms with van der Waals surface area (Å²) in [6, 6.07) is 0. The second kappa shape index (κ2) is 1.83. The Morgan fingerprint density at radius 2 is 2.50 bits per heavy atom. The number of Topliss-reactive ketones (excluding diaryl/α,β-unsaturated/α-hetero) is 1. The monoisotopic (exact) mass is 111 g/mol. The van der Waals surface area contributed by atoms with E-state index in [1.54, 1.807) is 0 Å². The van der Waals surface area contributed by atoms with Gasteiger partial charge in [0, 0.05) is 0 Å². The van der Waals surface area contributed by atoms with Gasteiger partial charge < -0.3 is 5.73 Å². The highest BCUT2D eigenvalue weighted by Crippen LogP contribution is 1.85. The van der Waals surface area contributed by atoms with Crippen LogP contribution in [0.15, 0.2) is 9.98 Å². The third kappa shape index (κ3) is 0.788. The number of rotatable bonds is 0. The second-order valence-corrected chi connectivity index (χ2v) is 1.39. The summed E-state index contributed by atoms with van der Waals surface area (Å²) in [6.07, 6.45) is 1.72. The predicted octanol–water partition coefficient (Wildman–Crippen LogP) is -1.05. The van der Waals surface area contributed by atoms with Crippen molar-refractivity contribution < 1.29 is 4.79 Å². The minimum atomic E-state index is -0.715. The molecule has 1 atom stereocenters. The summed E-state index contributed by atoms with van der Waals surface area (Å²) in [5, 5.41) is 0. The molecule has 1 aliphatic heterocycles. The molecular weight excluding hydrogens is 106 g/mol. The lowest BCUT2D eigenvalue weighted by molar-refractivity contribution is -0.113. The normalized spacial score (nSPS) is 26.6. The molecule has 1 aliphatic rings. The molecule has 2 N–H and O–H groups in total. The molecular formula is C4H5N3O. The van der Waals surface area contributed by atoms with Crippen molar-refractivity contribution >= 4 is 18.3 Å². The molecule has 1 heterocycles. The summed E-state index contributed by atoms with van der Waals surface area (Å²) in [6.45, 7) is 0. The Morgan fingerprint density at radius 3 is 2.88 bits per heavy atom. The van der Waals surface area contributed by atoms with Gasteiger partial charge in [0.15, 0.2) is 6.17 Å². The van der Waals surface area contributed by atoms with Gasteiger partial charge in [-0.2, -0.15) is 0 Å². The molecule has 0 bridgehead atoms. The van der Waals surface area contributed by atoms with Crippen LogP contribution >= 0.6 is 0 Å². The SMILES string of the molecule is NC1N=CN=CC1=O. The van der Waals surface area contributed by atoms with E-state index in [2.05, 4.69) is 9.98 Å². The third-order valence-corrected chi connectivity index (χ3v) is 0.787. The summed E-state index contributed by atoms with van der Waals surface area (Å²) in [5.74, 6) is -0.243. The maximum absolute atomic E-state index is 10.4. The Balaban J connectivity index is 2.74. The zero-order chi connectivity index (χ0) is 5.98. The lowest BCUT2D eigenvalue weighted by Crippen LogP contribution is -2.31. The van der Waals surface area contributed by atoms with Crippen LogP contribution in [0.3, 0.4) is 0 Å². The highest BCUT2D eigenvalue weighted by molar-refractivity contribution is 6.31. The van der Waals surface area contributed by atoms with E-state index >= 15 is 0 Å². The van der Waals surface area contributed by atoms with Crippen LogP contribution in [-0.2, 0) is 4.79 Å². The minimum Gasteiger partial charge on any atom is -0.303 e. The van der Waals surface area contributed by atoms with Crippen molar-refractivity contribution in [3.63, 3.8) is 0 Å². The number of nitrogens with two attached hydrogens (primary N) is 1. The summed E-state index contributed by atoms with van der Waals surface area (Å²) in [5.41, 5.74) is 5.14. The molecule has 42 valence electrons. The first kappa shape index (κ1) is 5.11. The van der Waals surface area contributed by atoms with Crippen LogP contribution in [0.1, 0.15) is 0 Å². The third-order valence-electron chi connectivity index (χ3n) is 0.787. The van der Waals surface area contributed by atoms with Crippen LogP contribution in [0, 0.1) is 0 Å². The van der Waals surface area contributed by atoms with Crippen molar-refractivity contribution in [3.05, 3.63) is 0 Å². The average Bonchev–Trinajstić information content (AvgIpc) is 1.77. The van der Waals surface area contributed by atoms with Crippen molar-refractivity contribution in [2.45, 2.75) is 6.17 Å². The maximum atomic E-state index is 10.4. The van der Waals surface area contributed by atoms with Gasteiger partial charge in [0.1, 0.15) is 6.34 Å². The van der Waals surface area contributed by atoms with Gasteiger partial charge in [-0.3, -0.25) is 4.79 Å². The number of hydrogen-bond acceptors (Lipinski definition) is 4. The Labute approximate surface area is 46.1 Å². The quantitative estimate of drug-likeness (QED) is 0.433. The molecule has 4 heteroatoms. The largest absolute Gasteiger partial charge is 0.303 e. The van der Waals surface area contributed by atoms with E-state index in [0.29, 0.717) is 0 Å². The van der Waals surface area contributed by atoms with E-state index in [1.165, 1.54) is 6.34 Å². The molecule has 0 saturated heterocycles. The minimum absolute atomic E-state index is 0.243. The van der Waals surface area contributed by atoms with Crippen molar-refractivity contribution in [2.75, 3.05) is 0 Å². The lowest BCUT2D eigenvalue weighted by atomic mass is 10.3. The standard InChI is InChI=1S/C4H5N3O/c5-4-3(8)1-6-2-7-4/h1-2,4H,5H2. The average molecular weight is 111 g/mol. The van der Waals surface area contributed by atoms with Gasteiger partial charge in [-0.1, -0.05) is 0 Å². The maximum Gasteiger partial charge on any atom is 0.212 e. The molecule has 0 spiro atoms. The van der Waals surface area contributed by atoms with Crippen LogP contribution in [0.25, 0.3) is 0 Å². The topological polar surface area (TPSA) is 67.8 Å². The molecule has 0 aliphatic carbocycles. The lowest BCUT2D eigenvalue weighted by Gasteiger charge is -2.00. The summed E-state index contributed by atoms with van der Waals surface area (Å²) in [7, 11) is 0. The number of carbonyl (C=O) groups excluding carboxylic acids is 1. The van der Waals surface area contributed by atoms with E-state index in [0.717, 1.165) is 6.21 Å². The Morgan fingerprint density at radius 1 is 1.75 bits per heavy atom. The van der Waals surface area contributed by atoms with E-state index in [-0.39, 0.29) is 5.78 Å². The van der Waals surface area contributed by atoms with Crippen molar-refractivity contribution in [2.24, 2.45) is 15.7 Å². The van der Waals surface area contributed by atoms with Crippen LogP contribution in [0.4, 0.5) is 0 Å². The fraction of sp³-hybridized carbons (Fsp3) is 0.250. The summed E-state index contributed by atoms with van der Waals surface area (Å²) >= 11 is 0. The van der Waals surface area contributed by atoms with Crippen LogP contribution in [0.5, 0.6) is 0 Å². The van der Waals surface area contributed by atoms with Crippen LogP contribution in [-0.4, -0.2) is 24.5 Å². The van der Waals surface area contributed by atoms with Gasteiger partial charge in [-0.15, -0.1) is 0 Å². The van der Waals surface area contributed by atoms with E-state index in [9.17, 15) is 4.79 Å². The van der Waals surface area contributed by atoms with Gasteiger partial charge in [0.2, 0.25) is 5.78 Å². The van der Waals surface area contributed by atoms with Gasteiger partial charge in [-0.25, -0.2) is 9.98 Å². The van der Waals surface area contributed by atoms with Gasteiger partial charge >= 0.3 is 0 Å². The Kier molecular flexibility index (Phi) is 1.17. The first-order chi connectivity index (χ1) is 3.80. The Bertz CT molecular complexity index is 161. The highest BCUT2D eigenvalue weighted by Gasteiger charge is 2.09. The van der Waals surface area contributed by atoms with Gasteiger partial charge in [0.05, 0.1) is 6.21 Å². The smallest absolute Gasteiger partial charge is 0.212 e. The highest BCUT2D eigenvalue weighted by atomic mass is 16.1. The molecule has 4 nitrogen and oxygen atoms in total. The van der Waals surface area contributed by atoms with Gasteiger partial charge in [-0.05, 0) is 0 Å². The molecule has 0 aromatic rings. The molecule has 1 rings (SSSR count). The molecule has 0 amide bonds. The van der Waals surface area contributed by atoms with Crippen LogP contribution in [0.2, 0.25) is 0 Å². The van der Waals surface area contributed by atoms with Gasteiger partial charge in [0.25, 0.3) is 0 Å². The van der Waals surface area contributed by atoms with E-state index in [4.69, 9.17) is 5.73 Å². The number of hydrogen-bond donors (Lipinski definition) is 1. The number of nitrogens with zero attached hydrogens (tertiary/aromatic N) is 2. The molecule has 0 aromatic carbocycles. The Hall–Kier alpha value is -1.03. The number of ketones is 1. The molecule has 8 heavy (non-hydrogen) atoms. The first-order valence-electron chi connectivity index (χ1n) is 2.15. The molecule has 0 fully saturated rings. The zero-order valence-corrected chi connectivity index (χ0v) is 4.11. The van der Waals surface area contributed by atoms with E-state index < -0.39 is 6.17 Å². The number of aliphatic imine (C=N–C) groups is 2.